The van der Waals surface area contributed by atoms with E-state index >= 15 is 0 Å². The first-order valence-corrected chi connectivity index (χ1v) is 3.64. The van der Waals surface area contributed by atoms with Gasteiger partial charge < -0.3 is 16.2 Å². The number of hydrogen-bond acceptors (Lipinski definition) is 4. The van der Waals surface area contributed by atoms with Gasteiger partial charge in [-0.3, -0.25) is 9.59 Å². The van der Waals surface area contributed by atoms with E-state index in [9.17, 15) is 9.59 Å². The summed E-state index contributed by atoms with van der Waals surface area (Å²) in [5.41, 5.74) is 9.05. The molecule has 0 heterocycles. The van der Waals surface area contributed by atoms with E-state index in [0.29, 0.717) is 0 Å². The Balaban J connectivity index is 4.18. The second-order valence-corrected chi connectivity index (χ2v) is 2.78. The molecule has 5 heteroatoms. The number of amides is 1. The molecule has 0 saturated carbocycles. The Hall–Kier alpha value is -1.10. The maximum absolute atomic E-state index is 11.0. The van der Waals surface area contributed by atoms with Gasteiger partial charge in [0, 0.05) is 0 Å². The minimum absolute atomic E-state index is 0.203. The van der Waals surface area contributed by atoms with E-state index in [1.54, 1.807) is 6.92 Å². The summed E-state index contributed by atoms with van der Waals surface area (Å²) in [6.07, 6.45) is -0.203. The van der Waals surface area contributed by atoms with Crippen molar-refractivity contribution in [3.63, 3.8) is 0 Å². The van der Waals surface area contributed by atoms with Gasteiger partial charge in [-0.1, -0.05) is 0 Å². The maximum Gasteiger partial charge on any atom is 0.326 e. The third-order valence-corrected chi connectivity index (χ3v) is 1.28. The molecule has 0 rings (SSSR count). The third kappa shape index (κ3) is 3.34. The summed E-state index contributed by atoms with van der Waals surface area (Å²) in [5.74, 6) is -1.23. The van der Waals surface area contributed by atoms with Crippen molar-refractivity contribution in [3.05, 3.63) is 0 Å². The van der Waals surface area contributed by atoms with Crippen molar-refractivity contribution in [2.45, 2.75) is 25.8 Å². The predicted molar refractivity (Wildman–Crippen MR) is 43.0 cm³/mol. The number of carbonyl (C=O) groups is 2. The molecule has 0 aromatic heterocycles. The van der Waals surface area contributed by atoms with Crippen LogP contribution < -0.4 is 11.5 Å². The fraction of sp³-hybridized carbons (Fsp3) is 0.714. The monoisotopic (exact) mass is 174 g/mol. The molecule has 5 nitrogen and oxygen atoms in total. The lowest BCUT2D eigenvalue weighted by atomic mass is 9.99. The van der Waals surface area contributed by atoms with Crippen LogP contribution in [0.15, 0.2) is 0 Å². The third-order valence-electron chi connectivity index (χ3n) is 1.28. The summed E-state index contributed by atoms with van der Waals surface area (Å²) >= 11 is 0. The molecule has 0 aromatic carbocycles. The molecule has 0 unspecified atom stereocenters. The second kappa shape index (κ2) is 4.06. The largest absolute Gasteiger partial charge is 0.465 e. The molecule has 12 heavy (non-hydrogen) atoms. The van der Waals surface area contributed by atoms with Gasteiger partial charge in [-0.25, -0.2) is 0 Å². The number of rotatable bonds is 4. The Bertz CT molecular complexity index is 189. The van der Waals surface area contributed by atoms with Crippen LogP contribution in [-0.2, 0) is 14.3 Å². The molecule has 0 aliphatic carbocycles. The van der Waals surface area contributed by atoms with Gasteiger partial charge in [-0.05, 0) is 13.8 Å². The highest BCUT2D eigenvalue weighted by Gasteiger charge is 2.31. The van der Waals surface area contributed by atoms with Crippen LogP contribution in [-0.4, -0.2) is 24.0 Å². The van der Waals surface area contributed by atoms with Gasteiger partial charge in [0.2, 0.25) is 5.91 Å². The zero-order chi connectivity index (χ0) is 9.78. The summed E-state index contributed by atoms with van der Waals surface area (Å²) in [7, 11) is 0. The molecule has 0 aromatic rings. The lowest BCUT2D eigenvalue weighted by molar-refractivity contribution is -0.150. The van der Waals surface area contributed by atoms with Crippen molar-refractivity contribution < 1.29 is 14.3 Å². The van der Waals surface area contributed by atoms with E-state index in [4.69, 9.17) is 11.5 Å². The van der Waals surface area contributed by atoms with Crippen molar-refractivity contribution in [2.24, 2.45) is 11.5 Å². The average molecular weight is 174 g/mol. The number of carbonyl (C=O) groups excluding carboxylic acids is 2. The highest BCUT2D eigenvalue weighted by molar-refractivity contribution is 5.87. The van der Waals surface area contributed by atoms with Crippen molar-refractivity contribution in [2.75, 3.05) is 6.61 Å². The fourth-order valence-electron chi connectivity index (χ4n) is 0.730. The van der Waals surface area contributed by atoms with Crippen LogP contribution in [0.3, 0.4) is 0 Å². The second-order valence-electron chi connectivity index (χ2n) is 2.78. The van der Waals surface area contributed by atoms with E-state index in [2.05, 4.69) is 4.74 Å². The minimum atomic E-state index is -1.30. The lowest BCUT2D eigenvalue weighted by Crippen LogP contribution is -2.48. The molecule has 0 fully saturated rings. The normalized spacial score (nSPS) is 14.9. The van der Waals surface area contributed by atoms with Crippen LogP contribution in [0.1, 0.15) is 20.3 Å². The van der Waals surface area contributed by atoms with Gasteiger partial charge in [-0.2, -0.15) is 0 Å². The van der Waals surface area contributed by atoms with Crippen LogP contribution in [0.5, 0.6) is 0 Å². The zero-order valence-electron chi connectivity index (χ0n) is 7.29. The first kappa shape index (κ1) is 10.9. The van der Waals surface area contributed by atoms with Crippen LogP contribution in [0, 0.1) is 0 Å². The molecule has 1 amide bonds. The first-order valence-electron chi connectivity index (χ1n) is 3.64. The Labute approximate surface area is 71.0 Å². The maximum atomic E-state index is 11.0. The quantitative estimate of drug-likeness (QED) is 0.542. The first-order chi connectivity index (χ1) is 5.40. The van der Waals surface area contributed by atoms with E-state index in [1.807, 2.05) is 0 Å². The Morgan fingerprint density at radius 3 is 2.33 bits per heavy atom. The summed E-state index contributed by atoms with van der Waals surface area (Å²) < 4.78 is 4.64. The topological polar surface area (TPSA) is 95.4 Å². The van der Waals surface area contributed by atoms with Gasteiger partial charge in [0.15, 0.2) is 0 Å². The number of hydrogen-bond donors (Lipinski definition) is 2. The van der Waals surface area contributed by atoms with E-state index in [-0.39, 0.29) is 13.0 Å². The molecule has 0 aliphatic heterocycles. The minimum Gasteiger partial charge on any atom is -0.465 e. The summed E-state index contributed by atoms with van der Waals surface area (Å²) in [4.78, 5) is 21.5. The molecule has 0 bridgehead atoms. The van der Waals surface area contributed by atoms with Crippen LogP contribution in [0.2, 0.25) is 0 Å². The Kier molecular flexibility index (Phi) is 3.69. The fourth-order valence-corrected chi connectivity index (χ4v) is 0.730. The Morgan fingerprint density at radius 1 is 1.50 bits per heavy atom. The molecule has 0 radical (unpaired) electrons. The predicted octanol–water partition coefficient (Wildman–Crippen LogP) is -0.858. The highest BCUT2D eigenvalue weighted by Crippen LogP contribution is 2.07. The molecule has 1 atom stereocenters. The smallest absolute Gasteiger partial charge is 0.326 e. The molecule has 0 aliphatic rings. The van der Waals surface area contributed by atoms with Crippen molar-refractivity contribution in [1.82, 2.24) is 0 Å². The molecule has 0 saturated heterocycles. The van der Waals surface area contributed by atoms with E-state index < -0.39 is 17.4 Å². The Morgan fingerprint density at radius 2 is 2.00 bits per heavy atom. The molecular formula is C7H14N2O3. The molecule has 4 N–H and O–H groups in total. The lowest BCUT2D eigenvalue weighted by Gasteiger charge is -2.19. The number of ether oxygens (including phenoxy) is 1. The van der Waals surface area contributed by atoms with Crippen molar-refractivity contribution >= 4 is 11.9 Å². The summed E-state index contributed by atoms with van der Waals surface area (Å²) in [5, 5.41) is 0. The van der Waals surface area contributed by atoms with Crippen LogP contribution in [0.4, 0.5) is 0 Å². The van der Waals surface area contributed by atoms with Crippen LogP contribution >= 0.6 is 0 Å². The van der Waals surface area contributed by atoms with Gasteiger partial charge in [-0.15, -0.1) is 0 Å². The zero-order valence-corrected chi connectivity index (χ0v) is 7.29. The number of esters is 1. The van der Waals surface area contributed by atoms with Crippen LogP contribution in [0.25, 0.3) is 0 Å². The molecule has 70 valence electrons. The highest BCUT2D eigenvalue weighted by atomic mass is 16.5. The standard InChI is InChI=1S/C7H14N2O3/c1-3-12-6(11)7(2,9)4-5(8)10/h3-4,9H2,1-2H3,(H2,8,10)/t7-/m1/s1. The van der Waals surface area contributed by atoms with Gasteiger partial charge in [0.05, 0.1) is 13.0 Å². The number of primary amides is 1. The van der Waals surface area contributed by atoms with Crippen molar-refractivity contribution in [1.29, 1.82) is 0 Å². The molecule has 0 spiro atoms. The molecular weight excluding hydrogens is 160 g/mol. The van der Waals surface area contributed by atoms with Gasteiger partial charge >= 0.3 is 5.97 Å². The number of nitrogens with two attached hydrogens (primary N) is 2. The summed E-state index contributed by atoms with van der Waals surface area (Å²) in [6.45, 7) is 3.32. The average Bonchev–Trinajstić information content (AvgIpc) is 1.85. The van der Waals surface area contributed by atoms with Gasteiger partial charge in [0.25, 0.3) is 0 Å². The van der Waals surface area contributed by atoms with Gasteiger partial charge in [0.1, 0.15) is 5.54 Å². The van der Waals surface area contributed by atoms with E-state index in [0.717, 1.165) is 0 Å². The van der Waals surface area contributed by atoms with E-state index in [1.165, 1.54) is 6.92 Å². The van der Waals surface area contributed by atoms with Crippen molar-refractivity contribution in [3.8, 4) is 0 Å². The SMILES string of the molecule is CCOC(=O)[C@](C)(N)CC(N)=O. The summed E-state index contributed by atoms with van der Waals surface area (Å²) in [6, 6.07) is 0.